The number of rotatable bonds is 8. The number of amides is 3. The number of ether oxygens (including phenoxy) is 1. The van der Waals surface area contributed by atoms with Crippen LogP contribution < -0.4 is 15.4 Å². The van der Waals surface area contributed by atoms with Crippen LogP contribution in [0.15, 0.2) is 78.9 Å². The van der Waals surface area contributed by atoms with E-state index in [9.17, 15) is 9.59 Å². The first-order valence-corrected chi connectivity index (χ1v) is 13.4. The summed E-state index contributed by atoms with van der Waals surface area (Å²) in [7, 11) is 1.58. The van der Waals surface area contributed by atoms with E-state index in [0.29, 0.717) is 33.0 Å². The fourth-order valence-electron chi connectivity index (χ4n) is 3.89. The van der Waals surface area contributed by atoms with E-state index in [-0.39, 0.29) is 24.4 Å². The highest BCUT2D eigenvalue weighted by atomic mass is 35.5. The predicted octanol–water partition coefficient (Wildman–Crippen LogP) is 7.16. The molecule has 40 heavy (non-hydrogen) atoms. The number of urea groups is 1. The van der Waals surface area contributed by atoms with E-state index in [1.165, 1.54) is 4.90 Å². The Morgan fingerprint density at radius 1 is 0.925 bits per heavy atom. The van der Waals surface area contributed by atoms with Gasteiger partial charge in [0.15, 0.2) is 0 Å². The van der Waals surface area contributed by atoms with Crippen molar-refractivity contribution in [1.29, 1.82) is 0 Å². The van der Waals surface area contributed by atoms with Gasteiger partial charge < -0.3 is 20.3 Å². The van der Waals surface area contributed by atoms with Gasteiger partial charge in [0.1, 0.15) is 18.1 Å². The Hall–Kier alpha value is -4.01. The van der Waals surface area contributed by atoms with Crippen molar-refractivity contribution < 1.29 is 14.3 Å². The minimum absolute atomic E-state index is 0.200. The van der Waals surface area contributed by atoms with Crippen molar-refractivity contribution in [2.45, 2.75) is 32.7 Å². The minimum atomic E-state index is -0.419. The van der Waals surface area contributed by atoms with Gasteiger partial charge in [0.2, 0.25) is 5.91 Å². The lowest BCUT2D eigenvalue weighted by molar-refractivity contribution is -0.116. The van der Waals surface area contributed by atoms with E-state index in [1.807, 2.05) is 57.2 Å². The number of hydrogen-bond acceptors (Lipinski definition) is 4. The number of hydrogen-bond donors (Lipinski definition) is 2. The molecule has 4 aromatic rings. The van der Waals surface area contributed by atoms with Gasteiger partial charge in [-0.15, -0.1) is 0 Å². The van der Waals surface area contributed by atoms with Gasteiger partial charge in [-0.2, -0.15) is 5.10 Å². The molecule has 1 heterocycles. The van der Waals surface area contributed by atoms with Crippen LogP contribution in [0, 0.1) is 0 Å². The molecule has 3 aromatic carbocycles. The molecule has 0 atom stereocenters. The summed E-state index contributed by atoms with van der Waals surface area (Å²) in [5.41, 5.74) is 2.59. The highest BCUT2D eigenvalue weighted by Crippen LogP contribution is 2.29. The molecule has 0 unspecified atom stereocenters. The minimum Gasteiger partial charge on any atom is -0.497 e. The maximum Gasteiger partial charge on any atom is 0.322 e. The Bertz CT molecular complexity index is 1480. The molecule has 0 bridgehead atoms. The molecule has 4 rings (SSSR count). The van der Waals surface area contributed by atoms with Crippen LogP contribution in [0.4, 0.5) is 16.3 Å². The maximum absolute atomic E-state index is 13.4. The van der Waals surface area contributed by atoms with Gasteiger partial charge in [-0.1, -0.05) is 74.3 Å². The van der Waals surface area contributed by atoms with E-state index in [2.05, 4.69) is 10.6 Å². The second-order valence-corrected chi connectivity index (χ2v) is 11.0. The smallest absolute Gasteiger partial charge is 0.322 e. The van der Waals surface area contributed by atoms with Gasteiger partial charge in [-0.25, -0.2) is 9.48 Å². The van der Waals surface area contributed by atoms with E-state index in [1.54, 1.807) is 54.3 Å². The molecule has 208 valence electrons. The number of benzene rings is 3. The van der Waals surface area contributed by atoms with Crippen molar-refractivity contribution in [3.05, 3.63) is 100 Å². The van der Waals surface area contributed by atoms with Gasteiger partial charge >= 0.3 is 6.03 Å². The number of nitrogens with one attached hydrogen (secondary N) is 2. The van der Waals surface area contributed by atoms with Crippen LogP contribution >= 0.6 is 23.2 Å². The monoisotopic (exact) mass is 579 g/mol. The lowest BCUT2D eigenvalue weighted by atomic mass is 9.92. The fourth-order valence-corrected chi connectivity index (χ4v) is 4.18. The summed E-state index contributed by atoms with van der Waals surface area (Å²) in [5, 5.41) is 11.3. The molecule has 0 saturated carbocycles. The summed E-state index contributed by atoms with van der Waals surface area (Å²) in [5.74, 6) is 0.734. The van der Waals surface area contributed by atoms with Gasteiger partial charge in [0.05, 0.1) is 28.5 Å². The van der Waals surface area contributed by atoms with E-state index in [0.717, 1.165) is 11.3 Å². The standard InChI is InChI=1S/C30H31Cl2N5O3/c1-30(2,3)26-17-27(37(35-26)22-12-15-24(31)25(32)16-22)34-28(38)19-36(18-20-8-6-5-7-9-20)29(39)33-21-10-13-23(40-4)14-11-21/h5-17H,18-19H2,1-4H3,(H,33,39)(H,34,38). The number of carbonyl (C=O) groups is 2. The quantitative estimate of drug-likeness (QED) is 0.232. The van der Waals surface area contributed by atoms with Crippen LogP contribution in [-0.4, -0.2) is 40.3 Å². The lowest BCUT2D eigenvalue weighted by Crippen LogP contribution is -2.40. The van der Waals surface area contributed by atoms with Crippen molar-refractivity contribution >= 4 is 46.6 Å². The Kier molecular flexibility index (Phi) is 9.02. The Balaban J connectivity index is 1.58. The van der Waals surface area contributed by atoms with Gasteiger partial charge in [0, 0.05) is 23.7 Å². The third kappa shape index (κ3) is 7.34. The molecule has 0 spiro atoms. The molecular formula is C30H31Cl2N5O3. The summed E-state index contributed by atoms with van der Waals surface area (Å²) in [6.45, 7) is 6.13. The van der Waals surface area contributed by atoms with Crippen molar-refractivity contribution in [2.75, 3.05) is 24.3 Å². The normalized spacial score (nSPS) is 11.2. The number of halogens is 2. The van der Waals surface area contributed by atoms with Crippen LogP contribution in [0.5, 0.6) is 5.75 Å². The molecule has 0 aliphatic heterocycles. The number of anilines is 2. The first-order chi connectivity index (χ1) is 19.0. The summed E-state index contributed by atoms with van der Waals surface area (Å²) < 4.78 is 6.80. The maximum atomic E-state index is 13.4. The average molecular weight is 581 g/mol. The Morgan fingerprint density at radius 2 is 1.62 bits per heavy atom. The van der Waals surface area contributed by atoms with Crippen molar-refractivity contribution in [3.8, 4) is 11.4 Å². The van der Waals surface area contributed by atoms with Crippen LogP contribution in [0.25, 0.3) is 5.69 Å². The van der Waals surface area contributed by atoms with Crippen LogP contribution in [0.2, 0.25) is 10.0 Å². The molecule has 0 aliphatic carbocycles. The molecule has 0 fully saturated rings. The first-order valence-electron chi connectivity index (χ1n) is 12.6. The molecule has 0 aliphatic rings. The summed E-state index contributed by atoms with van der Waals surface area (Å²) in [6.07, 6.45) is 0. The molecule has 8 nitrogen and oxygen atoms in total. The second kappa shape index (κ2) is 12.4. The zero-order chi connectivity index (χ0) is 28.9. The van der Waals surface area contributed by atoms with E-state index < -0.39 is 6.03 Å². The molecule has 0 radical (unpaired) electrons. The molecule has 3 amide bonds. The van der Waals surface area contributed by atoms with E-state index in [4.69, 9.17) is 33.0 Å². The number of carbonyl (C=O) groups excluding carboxylic acids is 2. The van der Waals surface area contributed by atoms with E-state index >= 15 is 0 Å². The molecule has 10 heteroatoms. The molecule has 0 saturated heterocycles. The first kappa shape index (κ1) is 29.0. The van der Waals surface area contributed by atoms with Gasteiger partial charge in [-0.05, 0) is 48.0 Å². The average Bonchev–Trinajstić information content (AvgIpc) is 3.35. The number of aromatic nitrogens is 2. The summed E-state index contributed by atoms with van der Waals surface area (Å²) in [4.78, 5) is 28.1. The topological polar surface area (TPSA) is 88.5 Å². The fraction of sp³-hybridized carbons (Fsp3) is 0.233. The second-order valence-electron chi connectivity index (χ2n) is 10.2. The van der Waals surface area contributed by atoms with Crippen LogP contribution in [0.3, 0.4) is 0 Å². The zero-order valence-corrected chi connectivity index (χ0v) is 24.3. The third-order valence-electron chi connectivity index (χ3n) is 6.07. The van der Waals surface area contributed by atoms with Crippen molar-refractivity contribution in [1.82, 2.24) is 14.7 Å². The SMILES string of the molecule is COc1ccc(NC(=O)N(CC(=O)Nc2cc(C(C)(C)C)nn2-c2ccc(Cl)c(Cl)c2)Cc2ccccc2)cc1. The third-order valence-corrected chi connectivity index (χ3v) is 6.81. The molecule has 1 aromatic heterocycles. The number of nitrogens with zero attached hydrogens (tertiary/aromatic N) is 3. The molecular weight excluding hydrogens is 549 g/mol. The zero-order valence-electron chi connectivity index (χ0n) is 22.7. The predicted molar refractivity (Wildman–Crippen MR) is 160 cm³/mol. The molecule has 2 N–H and O–H groups in total. The highest BCUT2D eigenvalue weighted by molar-refractivity contribution is 6.42. The number of methoxy groups -OCH3 is 1. The van der Waals surface area contributed by atoms with Crippen molar-refractivity contribution in [3.63, 3.8) is 0 Å². The summed E-state index contributed by atoms with van der Waals surface area (Å²) in [6, 6.07) is 23.0. The summed E-state index contributed by atoms with van der Waals surface area (Å²) >= 11 is 12.4. The van der Waals surface area contributed by atoms with Crippen LogP contribution in [-0.2, 0) is 16.8 Å². The highest BCUT2D eigenvalue weighted by Gasteiger charge is 2.24. The van der Waals surface area contributed by atoms with Gasteiger partial charge in [0.25, 0.3) is 0 Å². The van der Waals surface area contributed by atoms with Crippen LogP contribution in [0.1, 0.15) is 32.0 Å². The van der Waals surface area contributed by atoms with Crippen molar-refractivity contribution in [2.24, 2.45) is 0 Å². The largest absolute Gasteiger partial charge is 0.497 e. The lowest BCUT2D eigenvalue weighted by Gasteiger charge is -2.23. The van der Waals surface area contributed by atoms with Gasteiger partial charge in [-0.3, -0.25) is 4.79 Å². The Morgan fingerprint density at radius 3 is 2.25 bits per heavy atom. The Labute approximate surface area is 243 Å².